The van der Waals surface area contributed by atoms with Gasteiger partial charge in [-0.15, -0.1) is 0 Å². The molecule has 1 heterocycles. The van der Waals surface area contributed by atoms with E-state index in [1.54, 1.807) is 35.4 Å². The van der Waals surface area contributed by atoms with E-state index in [-0.39, 0.29) is 11.2 Å². The maximum Gasteiger partial charge on any atom is 0.191 e. The Labute approximate surface area is 179 Å². The van der Waals surface area contributed by atoms with Crippen LogP contribution in [0, 0.1) is 11.2 Å². The number of aromatic nitrogens is 2. The molecule has 2 aromatic rings. The van der Waals surface area contributed by atoms with Crippen LogP contribution in [0.3, 0.4) is 0 Å². The van der Waals surface area contributed by atoms with Crippen molar-refractivity contribution in [3.8, 4) is 5.69 Å². The standard InChI is InChI=1S/C23H34FN5O/c1-3-26-22(28-17-23(9-5-6-10-23)11-14-30-4-2)27-16-19-7-8-21(20(24)15-19)29-13-12-25-18-29/h7-8,12-13,15,18H,3-6,9-11,14,16-17H2,1-2H3,(H2,26,27,28). The molecule has 0 saturated heterocycles. The van der Waals surface area contributed by atoms with Crippen molar-refractivity contribution in [1.29, 1.82) is 0 Å². The van der Waals surface area contributed by atoms with Crippen LogP contribution < -0.4 is 10.6 Å². The Morgan fingerprint density at radius 1 is 1.27 bits per heavy atom. The number of hydrogen-bond donors (Lipinski definition) is 2. The molecule has 164 valence electrons. The third kappa shape index (κ3) is 6.05. The molecular formula is C23H34FN5O. The predicted octanol–water partition coefficient (Wildman–Crippen LogP) is 4.05. The highest BCUT2D eigenvalue weighted by Gasteiger charge is 2.33. The summed E-state index contributed by atoms with van der Waals surface area (Å²) in [5, 5.41) is 6.84. The Balaban J connectivity index is 1.62. The molecule has 2 N–H and O–H groups in total. The molecule has 0 unspecified atom stereocenters. The summed E-state index contributed by atoms with van der Waals surface area (Å²) in [5.41, 5.74) is 1.60. The fraction of sp³-hybridized carbons (Fsp3) is 0.565. The third-order valence-electron chi connectivity index (χ3n) is 5.83. The van der Waals surface area contributed by atoms with Gasteiger partial charge in [0.2, 0.25) is 0 Å². The lowest BCUT2D eigenvalue weighted by atomic mass is 9.83. The van der Waals surface area contributed by atoms with E-state index in [0.717, 1.165) is 44.2 Å². The molecule has 0 bridgehead atoms. The largest absolute Gasteiger partial charge is 0.382 e. The van der Waals surface area contributed by atoms with Gasteiger partial charge in [0.05, 0.1) is 18.6 Å². The van der Waals surface area contributed by atoms with Gasteiger partial charge in [-0.3, -0.25) is 0 Å². The van der Waals surface area contributed by atoms with Gasteiger partial charge in [-0.2, -0.15) is 0 Å². The Hall–Kier alpha value is -2.41. The first kappa shape index (κ1) is 22.3. The molecule has 0 spiro atoms. The van der Waals surface area contributed by atoms with Crippen LogP contribution in [0.1, 0.15) is 51.5 Å². The summed E-state index contributed by atoms with van der Waals surface area (Å²) in [7, 11) is 0. The van der Waals surface area contributed by atoms with Gasteiger partial charge in [-0.05, 0) is 56.2 Å². The van der Waals surface area contributed by atoms with Gasteiger partial charge in [-0.1, -0.05) is 18.9 Å². The summed E-state index contributed by atoms with van der Waals surface area (Å²) >= 11 is 0. The molecule has 0 atom stereocenters. The zero-order chi connectivity index (χ0) is 21.2. The minimum Gasteiger partial charge on any atom is -0.382 e. The van der Waals surface area contributed by atoms with Crippen molar-refractivity contribution in [1.82, 2.24) is 20.2 Å². The lowest BCUT2D eigenvalue weighted by molar-refractivity contribution is 0.105. The monoisotopic (exact) mass is 415 g/mol. The first-order chi connectivity index (χ1) is 14.7. The highest BCUT2D eigenvalue weighted by atomic mass is 19.1. The summed E-state index contributed by atoms with van der Waals surface area (Å²) in [6.07, 6.45) is 11.1. The number of aliphatic imine (C=N–C) groups is 1. The van der Waals surface area contributed by atoms with Crippen LogP contribution in [0.15, 0.2) is 41.9 Å². The minimum atomic E-state index is -0.278. The van der Waals surface area contributed by atoms with Crippen LogP contribution in [-0.2, 0) is 11.3 Å². The molecule has 1 aliphatic rings. The Bertz CT molecular complexity index is 800. The van der Waals surface area contributed by atoms with Crippen LogP contribution in [0.2, 0.25) is 0 Å². The van der Waals surface area contributed by atoms with Crippen molar-refractivity contribution in [3.05, 3.63) is 48.3 Å². The Morgan fingerprint density at radius 3 is 2.77 bits per heavy atom. The van der Waals surface area contributed by atoms with E-state index in [2.05, 4.69) is 27.5 Å². The van der Waals surface area contributed by atoms with Gasteiger partial charge in [0.25, 0.3) is 0 Å². The van der Waals surface area contributed by atoms with Crippen molar-refractivity contribution in [3.63, 3.8) is 0 Å². The van der Waals surface area contributed by atoms with E-state index >= 15 is 0 Å². The number of hydrogen-bond acceptors (Lipinski definition) is 3. The SMILES string of the molecule is CCNC(=NCc1ccc(-n2ccnc2)c(F)c1)NCC1(CCOCC)CCCC1. The molecule has 6 nitrogen and oxygen atoms in total. The topological polar surface area (TPSA) is 63.5 Å². The summed E-state index contributed by atoms with van der Waals surface area (Å²) in [6.45, 7) is 7.77. The van der Waals surface area contributed by atoms with Crippen molar-refractivity contribution in [2.75, 3.05) is 26.3 Å². The molecule has 3 rings (SSSR count). The fourth-order valence-electron chi connectivity index (χ4n) is 4.12. The maximum absolute atomic E-state index is 14.5. The van der Waals surface area contributed by atoms with Crippen molar-refractivity contribution in [2.45, 2.75) is 52.5 Å². The van der Waals surface area contributed by atoms with E-state index < -0.39 is 0 Å². The average molecular weight is 416 g/mol. The number of halogens is 1. The van der Waals surface area contributed by atoms with Gasteiger partial charge in [0.1, 0.15) is 5.82 Å². The minimum absolute atomic E-state index is 0.278. The second-order valence-corrected chi connectivity index (χ2v) is 7.96. The predicted molar refractivity (Wildman–Crippen MR) is 118 cm³/mol. The van der Waals surface area contributed by atoms with Crippen molar-refractivity contribution in [2.24, 2.45) is 10.4 Å². The van der Waals surface area contributed by atoms with Crippen LogP contribution >= 0.6 is 0 Å². The molecule has 1 aromatic carbocycles. The quantitative estimate of drug-likeness (QED) is 0.349. The molecule has 0 aliphatic heterocycles. The lowest BCUT2D eigenvalue weighted by Crippen LogP contribution is -2.43. The summed E-state index contributed by atoms with van der Waals surface area (Å²) < 4.78 is 21.8. The molecule has 30 heavy (non-hydrogen) atoms. The molecule has 0 amide bonds. The highest BCUT2D eigenvalue weighted by molar-refractivity contribution is 5.79. The number of nitrogens with zero attached hydrogens (tertiary/aromatic N) is 3. The van der Waals surface area contributed by atoms with Gasteiger partial charge < -0.3 is 19.9 Å². The molecular weight excluding hydrogens is 381 g/mol. The van der Waals surface area contributed by atoms with Gasteiger partial charge in [0.15, 0.2) is 5.96 Å². The van der Waals surface area contributed by atoms with Crippen LogP contribution in [-0.4, -0.2) is 41.8 Å². The van der Waals surface area contributed by atoms with Crippen molar-refractivity contribution >= 4 is 5.96 Å². The van der Waals surface area contributed by atoms with Gasteiger partial charge >= 0.3 is 0 Å². The first-order valence-corrected chi connectivity index (χ1v) is 11.0. The van der Waals surface area contributed by atoms with E-state index in [9.17, 15) is 4.39 Å². The number of benzene rings is 1. The van der Waals surface area contributed by atoms with Gasteiger partial charge in [-0.25, -0.2) is 14.4 Å². The van der Waals surface area contributed by atoms with E-state index in [4.69, 9.17) is 4.74 Å². The number of ether oxygens (including phenoxy) is 1. The molecule has 1 aromatic heterocycles. The normalized spacial score (nSPS) is 16.0. The molecule has 1 aliphatic carbocycles. The van der Waals surface area contributed by atoms with Crippen LogP contribution in [0.5, 0.6) is 0 Å². The number of rotatable bonds is 10. The second-order valence-electron chi connectivity index (χ2n) is 7.96. The van der Waals surface area contributed by atoms with Crippen LogP contribution in [0.4, 0.5) is 4.39 Å². The second kappa shape index (κ2) is 11.1. The third-order valence-corrected chi connectivity index (χ3v) is 5.83. The van der Waals surface area contributed by atoms with E-state index in [0.29, 0.717) is 12.2 Å². The number of imidazole rings is 1. The smallest absolute Gasteiger partial charge is 0.191 e. The summed E-state index contributed by atoms with van der Waals surface area (Å²) in [6, 6.07) is 5.22. The highest BCUT2D eigenvalue weighted by Crippen LogP contribution is 2.40. The van der Waals surface area contributed by atoms with E-state index in [1.807, 2.05) is 13.0 Å². The molecule has 1 fully saturated rings. The van der Waals surface area contributed by atoms with Crippen LogP contribution in [0.25, 0.3) is 5.69 Å². The van der Waals surface area contributed by atoms with E-state index in [1.165, 1.54) is 25.7 Å². The molecule has 1 saturated carbocycles. The zero-order valence-corrected chi connectivity index (χ0v) is 18.2. The fourth-order valence-corrected chi connectivity index (χ4v) is 4.12. The average Bonchev–Trinajstić information content (AvgIpc) is 3.43. The molecule has 7 heteroatoms. The number of guanidine groups is 1. The summed E-state index contributed by atoms with van der Waals surface area (Å²) in [4.78, 5) is 8.66. The maximum atomic E-state index is 14.5. The molecule has 0 radical (unpaired) electrons. The van der Waals surface area contributed by atoms with Crippen molar-refractivity contribution < 1.29 is 9.13 Å². The Morgan fingerprint density at radius 2 is 2.10 bits per heavy atom. The number of nitrogens with one attached hydrogen (secondary N) is 2. The lowest BCUT2D eigenvalue weighted by Gasteiger charge is -2.30. The van der Waals surface area contributed by atoms with Gasteiger partial charge in [0, 0.05) is 38.7 Å². The first-order valence-electron chi connectivity index (χ1n) is 11.0. The Kier molecular flexibility index (Phi) is 8.25. The zero-order valence-electron chi connectivity index (χ0n) is 18.2. The summed E-state index contributed by atoms with van der Waals surface area (Å²) in [5.74, 6) is 0.499.